The minimum Gasteiger partial charge on any atom is -0.384 e. The number of hydrogen-bond acceptors (Lipinski definition) is 4. The van der Waals surface area contributed by atoms with E-state index in [1.165, 1.54) is 10.4 Å². The van der Waals surface area contributed by atoms with Crippen molar-refractivity contribution in [3.8, 4) is 0 Å². The fraction of sp³-hybridized carbons (Fsp3) is 0.333. The molecule has 0 radical (unpaired) electrons. The molecule has 4 nitrogen and oxygen atoms in total. The summed E-state index contributed by atoms with van der Waals surface area (Å²) in [4.78, 5) is 8.35. The van der Waals surface area contributed by atoms with Crippen LogP contribution in [0.3, 0.4) is 0 Å². The fourth-order valence-corrected chi connectivity index (χ4v) is 3.70. The van der Waals surface area contributed by atoms with Crippen LogP contribution in [-0.4, -0.2) is 17.4 Å². The van der Waals surface area contributed by atoms with E-state index in [1.54, 1.807) is 0 Å². The van der Waals surface area contributed by atoms with Gasteiger partial charge in [-0.1, -0.05) is 0 Å². The van der Waals surface area contributed by atoms with E-state index in [-0.39, 0.29) is 5.84 Å². The number of amidine groups is 1. The van der Waals surface area contributed by atoms with Gasteiger partial charge in [0.2, 0.25) is 0 Å². The van der Waals surface area contributed by atoms with Crippen molar-refractivity contribution in [2.45, 2.75) is 26.8 Å². The molecule has 0 saturated carbocycles. The summed E-state index contributed by atoms with van der Waals surface area (Å²) in [5.41, 5.74) is 9.91. The molecule has 104 valence electrons. The number of anilines is 1. The second-order valence-electron chi connectivity index (χ2n) is 5.23. The van der Waals surface area contributed by atoms with Crippen molar-refractivity contribution in [1.82, 2.24) is 4.98 Å². The molecule has 20 heavy (non-hydrogen) atoms. The number of nitrogen functional groups attached to an aromatic ring is 1. The number of aryl methyl sites for hydroxylation is 2. The zero-order valence-electron chi connectivity index (χ0n) is 11.7. The van der Waals surface area contributed by atoms with Crippen LogP contribution in [-0.2, 0) is 13.0 Å². The maximum Gasteiger partial charge on any atom is 0.140 e. The molecule has 3 heterocycles. The third kappa shape index (κ3) is 2.18. The average molecular weight is 286 g/mol. The molecular weight excluding hydrogens is 268 g/mol. The first kappa shape index (κ1) is 13.1. The van der Waals surface area contributed by atoms with E-state index in [2.05, 4.69) is 21.3 Å². The van der Waals surface area contributed by atoms with Gasteiger partial charge >= 0.3 is 0 Å². The van der Waals surface area contributed by atoms with E-state index in [0.29, 0.717) is 0 Å². The van der Waals surface area contributed by atoms with Crippen LogP contribution in [0.4, 0.5) is 5.82 Å². The lowest BCUT2D eigenvalue weighted by atomic mass is 10.0. The van der Waals surface area contributed by atoms with Crippen LogP contribution in [0.2, 0.25) is 0 Å². The Balaban J connectivity index is 2.05. The molecule has 1 aliphatic heterocycles. The van der Waals surface area contributed by atoms with Crippen molar-refractivity contribution >= 4 is 23.0 Å². The summed E-state index contributed by atoms with van der Waals surface area (Å²) in [6.07, 6.45) is 1.04. The number of thiophene rings is 1. The zero-order valence-corrected chi connectivity index (χ0v) is 12.5. The van der Waals surface area contributed by atoms with E-state index < -0.39 is 0 Å². The highest BCUT2D eigenvalue weighted by Crippen LogP contribution is 2.30. The Kier molecular flexibility index (Phi) is 3.22. The summed E-state index contributed by atoms with van der Waals surface area (Å²) in [6, 6.07) is 4.17. The minimum atomic E-state index is 0.0983. The zero-order chi connectivity index (χ0) is 14.3. The van der Waals surface area contributed by atoms with Crippen molar-refractivity contribution in [3.05, 3.63) is 44.8 Å². The van der Waals surface area contributed by atoms with Crippen LogP contribution < -0.4 is 10.6 Å². The third-order valence-electron chi connectivity index (χ3n) is 3.70. The highest BCUT2D eigenvalue weighted by atomic mass is 32.1. The van der Waals surface area contributed by atoms with Crippen LogP contribution in [0.25, 0.3) is 0 Å². The summed E-state index contributed by atoms with van der Waals surface area (Å²) in [6.45, 7) is 5.77. The molecule has 2 aromatic heterocycles. The number of rotatable bonds is 2. The van der Waals surface area contributed by atoms with Gasteiger partial charge in [-0.15, -0.1) is 11.3 Å². The van der Waals surface area contributed by atoms with Gasteiger partial charge in [0.25, 0.3) is 0 Å². The third-order valence-corrected chi connectivity index (χ3v) is 4.73. The lowest BCUT2D eigenvalue weighted by molar-refractivity contribution is 0.729. The summed E-state index contributed by atoms with van der Waals surface area (Å²) >= 11 is 1.83. The van der Waals surface area contributed by atoms with Crippen LogP contribution in [0.1, 0.15) is 27.3 Å². The van der Waals surface area contributed by atoms with Gasteiger partial charge in [0.05, 0.1) is 5.56 Å². The van der Waals surface area contributed by atoms with Crippen LogP contribution in [0.5, 0.6) is 0 Å². The highest BCUT2D eigenvalue weighted by Gasteiger charge is 2.22. The molecule has 0 spiro atoms. The molecule has 0 amide bonds. The van der Waals surface area contributed by atoms with E-state index in [1.807, 2.05) is 31.3 Å². The number of hydrogen-bond donors (Lipinski definition) is 2. The predicted octanol–water partition coefficient (Wildman–Crippen LogP) is 2.61. The van der Waals surface area contributed by atoms with Crippen LogP contribution in [0, 0.1) is 19.3 Å². The van der Waals surface area contributed by atoms with Gasteiger partial charge in [-0.3, -0.25) is 5.41 Å². The van der Waals surface area contributed by atoms with Crippen molar-refractivity contribution < 1.29 is 0 Å². The molecule has 0 atom stereocenters. The maximum absolute atomic E-state index is 7.83. The topological polar surface area (TPSA) is 66.0 Å². The van der Waals surface area contributed by atoms with Gasteiger partial charge in [-0.2, -0.15) is 0 Å². The Bertz CT molecular complexity index is 675. The fourth-order valence-electron chi connectivity index (χ4n) is 2.81. The van der Waals surface area contributed by atoms with Gasteiger partial charge in [-0.25, -0.2) is 4.98 Å². The number of nitrogens with zero attached hydrogens (tertiary/aromatic N) is 2. The Labute approximate surface area is 122 Å². The first-order chi connectivity index (χ1) is 9.56. The highest BCUT2D eigenvalue weighted by molar-refractivity contribution is 7.10. The molecule has 0 aliphatic carbocycles. The SMILES string of the molecule is Cc1cc(C)c(C(=N)N)c(N2CCc3sccc3C2)n1. The lowest BCUT2D eigenvalue weighted by Crippen LogP contribution is -2.33. The van der Waals surface area contributed by atoms with Crippen molar-refractivity contribution in [1.29, 1.82) is 5.41 Å². The molecule has 2 aromatic rings. The molecule has 0 saturated heterocycles. The summed E-state index contributed by atoms with van der Waals surface area (Å²) < 4.78 is 0. The average Bonchev–Trinajstić information content (AvgIpc) is 2.84. The minimum absolute atomic E-state index is 0.0983. The van der Waals surface area contributed by atoms with Crippen LogP contribution >= 0.6 is 11.3 Å². The van der Waals surface area contributed by atoms with Gasteiger partial charge in [0.15, 0.2) is 0 Å². The largest absolute Gasteiger partial charge is 0.384 e. The van der Waals surface area contributed by atoms with Gasteiger partial charge in [-0.05, 0) is 48.9 Å². The van der Waals surface area contributed by atoms with Gasteiger partial charge < -0.3 is 10.6 Å². The molecule has 0 fully saturated rings. The molecule has 3 N–H and O–H groups in total. The molecule has 5 heteroatoms. The van der Waals surface area contributed by atoms with Crippen molar-refractivity contribution in [2.75, 3.05) is 11.4 Å². The predicted molar refractivity (Wildman–Crippen MR) is 83.8 cm³/mol. The molecule has 1 aliphatic rings. The molecule has 0 bridgehead atoms. The number of aromatic nitrogens is 1. The quantitative estimate of drug-likeness (QED) is 0.659. The first-order valence-electron chi connectivity index (χ1n) is 6.69. The number of nitrogens with one attached hydrogen (secondary N) is 1. The molecule has 3 rings (SSSR count). The van der Waals surface area contributed by atoms with E-state index in [9.17, 15) is 0 Å². The Morgan fingerprint density at radius 2 is 2.25 bits per heavy atom. The summed E-state index contributed by atoms with van der Waals surface area (Å²) in [5, 5.41) is 9.98. The molecule has 0 unspecified atom stereocenters. The second kappa shape index (κ2) is 4.90. The Hall–Kier alpha value is -1.88. The van der Waals surface area contributed by atoms with E-state index >= 15 is 0 Å². The lowest BCUT2D eigenvalue weighted by Gasteiger charge is -2.30. The monoisotopic (exact) mass is 286 g/mol. The summed E-state index contributed by atoms with van der Waals surface area (Å²) in [5.74, 6) is 0.952. The van der Waals surface area contributed by atoms with E-state index in [0.717, 1.165) is 42.1 Å². The number of pyridine rings is 1. The Morgan fingerprint density at radius 3 is 3.00 bits per heavy atom. The van der Waals surface area contributed by atoms with Crippen LogP contribution in [0.15, 0.2) is 17.5 Å². The normalized spacial score (nSPS) is 14.2. The number of nitrogens with two attached hydrogens (primary N) is 1. The number of fused-ring (bicyclic) bond motifs is 1. The molecular formula is C15H18N4S. The maximum atomic E-state index is 7.83. The van der Waals surface area contributed by atoms with Crippen molar-refractivity contribution in [2.24, 2.45) is 5.73 Å². The van der Waals surface area contributed by atoms with Crippen molar-refractivity contribution in [3.63, 3.8) is 0 Å². The van der Waals surface area contributed by atoms with E-state index in [4.69, 9.17) is 11.1 Å². The van der Waals surface area contributed by atoms with Gasteiger partial charge in [0.1, 0.15) is 11.7 Å². The smallest absolute Gasteiger partial charge is 0.140 e. The Morgan fingerprint density at radius 1 is 1.45 bits per heavy atom. The summed E-state index contributed by atoms with van der Waals surface area (Å²) in [7, 11) is 0. The first-order valence-corrected chi connectivity index (χ1v) is 7.57. The standard InChI is InChI=1S/C15H18N4S/c1-9-7-10(2)18-15(13(9)14(16)17)19-5-3-12-11(8-19)4-6-20-12/h4,6-7H,3,5,8H2,1-2H3,(H3,16,17). The second-order valence-corrected chi connectivity index (χ2v) is 6.23. The molecule has 0 aromatic carbocycles. The van der Waals surface area contributed by atoms with Gasteiger partial charge in [0, 0.05) is 23.7 Å².